The molecule has 0 aliphatic heterocycles. The Morgan fingerprint density at radius 2 is 1.75 bits per heavy atom. The normalized spacial score (nSPS) is 11.4. The number of aromatic nitrogens is 2. The number of anilines is 1. The van der Waals surface area contributed by atoms with E-state index in [9.17, 15) is 13.2 Å². The molecule has 0 aliphatic carbocycles. The van der Waals surface area contributed by atoms with Gasteiger partial charge in [-0.1, -0.05) is 35.0 Å². The van der Waals surface area contributed by atoms with Gasteiger partial charge in [-0.2, -0.15) is 4.98 Å². The number of amides is 1. The Labute approximate surface area is 167 Å². The summed E-state index contributed by atoms with van der Waals surface area (Å²) >= 11 is 5.83. The first-order valence-electron chi connectivity index (χ1n) is 8.38. The van der Waals surface area contributed by atoms with Crippen LogP contribution >= 0.6 is 11.6 Å². The number of hydrogen-bond donors (Lipinski definition) is 1. The van der Waals surface area contributed by atoms with Crippen LogP contribution < -0.4 is 5.32 Å². The monoisotopic (exact) mass is 419 g/mol. The number of rotatable bonds is 6. The fourth-order valence-corrected chi connectivity index (χ4v) is 3.87. The molecule has 0 radical (unpaired) electrons. The Kier molecular flexibility index (Phi) is 5.81. The van der Waals surface area contributed by atoms with Crippen molar-refractivity contribution in [2.45, 2.75) is 19.6 Å². The quantitative estimate of drug-likeness (QED) is 0.655. The van der Waals surface area contributed by atoms with E-state index < -0.39 is 27.3 Å². The summed E-state index contributed by atoms with van der Waals surface area (Å²) in [5.74, 6) is -1.61. The van der Waals surface area contributed by atoms with Crippen LogP contribution in [0.2, 0.25) is 5.02 Å². The summed E-state index contributed by atoms with van der Waals surface area (Å²) in [6, 6.07) is 12.2. The van der Waals surface area contributed by atoms with Crippen molar-refractivity contribution in [2.75, 3.05) is 11.1 Å². The van der Waals surface area contributed by atoms with Gasteiger partial charge in [-0.3, -0.25) is 4.79 Å². The lowest BCUT2D eigenvalue weighted by Gasteiger charge is -2.11. The summed E-state index contributed by atoms with van der Waals surface area (Å²) in [6.45, 7) is 3.68. The van der Waals surface area contributed by atoms with Crippen molar-refractivity contribution in [2.24, 2.45) is 0 Å². The van der Waals surface area contributed by atoms with E-state index in [1.54, 1.807) is 24.3 Å². The van der Waals surface area contributed by atoms with Crippen LogP contribution in [0.1, 0.15) is 17.0 Å². The highest BCUT2D eigenvalue weighted by Gasteiger charge is 2.22. The zero-order valence-electron chi connectivity index (χ0n) is 15.3. The molecule has 1 aromatic heterocycles. The van der Waals surface area contributed by atoms with Crippen LogP contribution in [0.25, 0.3) is 11.5 Å². The number of benzene rings is 2. The highest BCUT2D eigenvalue weighted by Crippen LogP contribution is 2.21. The summed E-state index contributed by atoms with van der Waals surface area (Å²) in [5.41, 5.74) is 2.95. The molecular formula is C19H18ClN3O4S. The summed E-state index contributed by atoms with van der Waals surface area (Å²) < 4.78 is 29.8. The van der Waals surface area contributed by atoms with Gasteiger partial charge in [0.1, 0.15) is 11.5 Å². The van der Waals surface area contributed by atoms with E-state index in [0.29, 0.717) is 16.3 Å². The van der Waals surface area contributed by atoms with Crippen LogP contribution in [-0.4, -0.2) is 30.2 Å². The average Bonchev–Trinajstić information content (AvgIpc) is 3.06. The Hall–Kier alpha value is -2.71. The molecule has 0 bridgehead atoms. The second-order valence-electron chi connectivity index (χ2n) is 6.37. The van der Waals surface area contributed by atoms with Gasteiger partial charge in [-0.05, 0) is 49.2 Å². The van der Waals surface area contributed by atoms with Gasteiger partial charge in [0, 0.05) is 16.3 Å². The Balaban J connectivity index is 1.67. The molecule has 0 unspecified atom stereocenters. The maximum Gasteiger partial charge on any atom is 0.257 e. The van der Waals surface area contributed by atoms with Crippen LogP contribution in [-0.2, 0) is 20.4 Å². The average molecular weight is 420 g/mol. The van der Waals surface area contributed by atoms with Crippen molar-refractivity contribution in [1.82, 2.24) is 10.1 Å². The number of carbonyl (C=O) groups excluding carboxylic acids is 1. The fourth-order valence-electron chi connectivity index (χ4n) is 2.66. The van der Waals surface area contributed by atoms with Gasteiger partial charge >= 0.3 is 0 Å². The maximum absolute atomic E-state index is 12.4. The van der Waals surface area contributed by atoms with Crippen LogP contribution in [0.15, 0.2) is 47.0 Å². The predicted octanol–water partition coefficient (Wildman–Crippen LogP) is 3.56. The molecular weight excluding hydrogens is 402 g/mol. The third kappa shape index (κ3) is 4.96. The molecule has 28 heavy (non-hydrogen) atoms. The van der Waals surface area contributed by atoms with Crippen LogP contribution in [0.5, 0.6) is 0 Å². The van der Waals surface area contributed by atoms with Gasteiger partial charge in [0.25, 0.3) is 5.89 Å². The summed E-state index contributed by atoms with van der Waals surface area (Å²) in [6.07, 6.45) is 0. The van der Waals surface area contributed by atoms with Crippen molar-refractivity contribution in [1.29, 1.82) is 0 Å². The van der Waals surface area contributed by atoms with Crippen molar-refractivity contribution >= 4 is 33.0 Å². The third-order valence-corrected chi connectivity index (χ3v) is 5.66. The number of halogens is 1. The van der Waals surface area contributed by atoms with Crippen molar-refractivity contribution in [3.8, 4) is 11.5 Å². The molecule has 2 aromatic carbocycles. The molecule has 3 rings (SSSR count). The molecule has 146 valence electrons. The summed E-state index contributed by atoms with van der Waals surface area (Å²) in [7, 11) is -3.77. The minimum atomic E-state index is -3.77. The second kappa shape index (κ2) is 8.12. The first kappa shape index (κ1) is 20.0. The predicted molar refractivity (Wildman–Crippen MR) is 107 cm³/mol. The zero-order chi connectivity index (χ0) is 20.3. The smallest absolute Gasteiger partial charge is 0.257 e. The standard InChI is InChI=1S/C19H18ClN3O4S/c1-12-4-3-5-13(2)18(12)22-17(24)11-28(25,26)10-16-21-19(27-23-16)14-6-8-15(20)9-7-14/h3-9H,10-11H2,1-2H3,(H,22,24). The summed E-state index contributed by atoms with van der Waals surface area (Å²) in [5, 5.41) is 6.91. The molecule has 0 saturated carbocycles. The molecule has 1 N–H and O–H groups in total. The molecule has 9 heteroatoms. The van der Waals surface area contributed by atoms with E-state index in [1.807, 2.05) is 32.0 Å². The Morgan fingerprint density at radius 1 is 1.11 bits per heavy atom. The van der Waals surface area contributed by atoms with Crippen molar-refractivity contribution in [3.05, 3.63) is 64.4 Å². The molecule has 7 nitrogen and oxygen atoms in total. The highest BCUT2D eigenvalue weighted by atomic mass is 35.5. The molecule has 1 heterocycles. The number of carbonyl (C=O) groups is 1. The zero-order valence-corrected chi connectivity index (χ0v) is 16.8. The van der Waals surface area contributed by atoms with Crippen molar-refractivity contribution < 1.29 is 17.7 Å². The van der Waals surface area contributed by atoms with E-state index >= 15 is 0 Å². The van der Waals surface area contributed by atoms with Gasteiger partial charge in [-0.15, -0.1) is 0 Å². The number of hydrogen-bond acceptors (Lipinski definition) is 6. The lowest BCUT2D eigenvalue weighted by atomic mass is 10.1. The van der Waals surface area contributed by atoms with E-state index in [4.69, 9.17) is 16.1 Å². The van der Waals surface area contributed by atoms with Crippen LogP contribution in [0.3, 0.4) is 0 Å². The van der Waals surface area contributed by atoms with Gasteiger partial charge in [0.05, 0.1) is 0 Å². The van der Waals surface area contributed by atoms with Crippen LogP contribution in [0.4, 0.5) is 5.69 Å². The first-order valence-corrected chi connectivity index (χ1v) is 10.6. The fraction of sp³-hybridized carbons (Fsp3) is 0.211. The number of nitrogens with zero attached hydrogens (tertiary/aromatic N) is 2. The highest BCUT2D eigenvalue weighted by molar-refractivity contribution is 7.91. The van der Waals surface area contributed by atoms with Crippen molar-refractivity contribution in [3.63, 3.8) is 0 Å². The van der Waals surface area contributed by atoms with Gasteiger partial charge in [-0.25, -0.2) is 8.42 Å². The molecule has 0 saturated heterocycles. The minimum absolute atomic E-state index is 0.00942. The second-order valence-corrected chi connectivity index (χ2v) is 8.87. The Morgan fingerprint density at radius 3 is 2.39 bits per heavy atom. The number of aryl methyl sites for hydroxylation is 2. The van der Waals surface area contributed by atoms with Crippen LogP contribution in [0, 0.1) is 13.8 Å². The lowest BCUT2D eigenvalue weighted by molar-refractivity contribution is -0.113. The Bertz CT molecular complexity index is 1090. The molecule has 3 aromatic rings. The van der Waals surface area contributed by atoms with Gasteiger partial charge in [0.2, 0.25) is 5.91 Å². The SMILES string of the molecule is Cc1cccc(C)c1NC(=O)CS(=O)(=O)Cc1noc(-c2ccc(Cl)cc2)n1. The number of para-hydroxylation sites is 1. The van der Waals surface area contributed by atoms with E-state index in [-0.39, 0.29) is 11.7 Å². The number of nitrogens with one attached hydrogen (secondary N) is 1. The largest absolute Gasteiger partial charge is 0.334 e. The van der Waals surface area contributed by atoms with Gasteiger partial charge < -0.3 is 9.84 Å². The first-order chi connectivity index (χ1) is 13.2. The molecule has 0 spiro atoms. The molecule has 0 fully saturated rings. The van der Waals surface area contributed by atoms with E-state index in [2.05, 4.69) is 15.5 Å². The molecule has 0 atom stereocenters. The van der Waals surface area contributed by atoms with Gasteiger partial charge in [0.15, 0.2) is 15.7 Å². The number of sulfone groups is 1. The topological polar surface area (TPSA) is 102 Å². The molecule has 0 aliphatic rings. The third-order valence-electron chi connectivity index (χ3n) is 4.00. The minimum Gasteiger partial charge on any atom is -0.334 e. The lowest BCUT2D eigenvalue weighted by Crippen LogP contribution is -2.25. The van der Waals surface area contributed by atoms with E-state index in [0.717, 1.165) is 11.1 Å². The molecule has 1 amide bonds. The maximum atomic E-state index is 12.4. The summed E-state index contributed by atoms with van der Waals surface area (Å²) in [4.78, 5) is 16.3. The van der Waals surface area contributed by atoms with E-state index in [1.165, 1.54) is 0 Å².